The number of furan rings is 1. The highest BCUT2D eigenvalue weighted by Crippen LogP contribution is 2.22. The zero-order valence-corrected chi connectivity index (χ0v) is 18.5. The Bertz CT molecular complexity index is 1160. The number of carbonyl (C=O) groups excluding carboxylic acids is 2. The van der Waals surface area contributed by atoms with Gasteiger partial charge in [-0.3, -0.25) is 9.59 Å². The Hall–Kier alpha value is -4.20. The number of carbonyl (C=O) groups is 3. The summed E-state index contributed by atoms with van der Waals surface area (Å²) in [6.07, 6.45) is 1.35. The van der Waals surface area contributed by atoms with E-state index in [0.717, 1.165) is 5.56 Å². The Kier molecular flexibility index (Phi) is 7.40. The number of nitrogens with one attached hydrogen (secondary N) is 2. The summed E-state index contributed by atoms with van der Waals surface area (Å²) in [5.74, 6) is -1.00. The maximum atomic E-state index is 12.6. The fraction of sp³-hybridized carbons (Fsp3) is 0.200. The van der Waals surface area contributed by atoms with E-state index in [1.165, 1.54) is 18.3 Å². The van der Waals surface area contributed by atoms with Gasteiger partial charge in [-0.1, -0.05) is 43.7 Å². The molecule has 33 heavy (non-hydrogen) atoms. The molecule has 0 saturated carbocycles. The summed E-state index contributed by atoms with van der Waals surface area (Å²) in [6.45, 7) is 5.59. The van der Waals surface area contributed by atoms with Crippen molar-refractivity contribution < 1.29 is 23.9 Å². The second kappa shape index (κ2) is 10.4. The monoisotopic (exact) mass is 447 g/mol. The molecule has 0 spiro atoms. The number of aromatic carboxylic acids is 1. The molecule has 2 amide bonds. The summed E-state index contributed by atoms with van der Waals surface area (Å²) in [5, 5.41) is 15.7. The van der Waals surface area contributed by atoms with E-state index >= 15 is 0 Å². The molecule has 1 atom stereocenters. The Morgan fingerprint density at radius 3 is 2.18 bits per heavy atom. The number of amides is 2. The molecule has 0 aliphatic carbocycles. The average molecular weight is 447 g/mol. The molecule has 1 heterocycles. The van der Waals surface area contributed by atoms with Crippen molar-refractivity contribution in [2.75, 3.05) is 0 Å². The van der Waals surface area contributed by atoms with Gasteiger partial charge in [0.2, 0.25) is 0 Å². The van der Waals surface area contributed by atoms with Crippen LogP contribution in [0.25, 0.3) is 11.3 Å². The van der Waals surface area contributed by atoms with E-state index < -0.39 is 17.9 Å². The van der Waals surface area contributed by atoms with Crippen molar-refractivity contribution in [3.05, 3.63) is 83.1 Å². The summed E-state index contributed by atoms with van der Waals surface area (Å²) in [7, 11) is 0. The van der Waals surface area contributed by atoms with Crippen LogP contribution in [0.3, 0.4) is 0 Å². The Morgan fingerprint density at radius 2 is 1.58 bits per heavy atom. The predicted octanol–water partition coefficient (Wildman–Crippen LogP) is 3.86. The number of carboxylic acids is 1. The molecule has 0 aliphatic rings. The minimum absolute atomic E-state index is 0.154. The van der Waals surface area contributed by atoms with Gasteiger partial charge in [0.05, 0.1) is 11.8 Å². The SMILES string of the molecule is Cc1ccc(C(=O)NC(C(=O)NN=Cc2ccc(-c3ccc(C(=O)O)cc3)o2)C(C)C)cc1. The van der Waals surface area contributed by atoms with Crippen molar-refractivity contribution in [1.29, 1.82) is 0 Å². The molecule has 1 unspecified atom stereocenters. The molecular formula is C25H25N3O5. The highest BCUT2D eigenvalue weighted by molar-refractivity contribution is 5.97. The van der Waals surface area contributed by atoms with Crippen LogP contribution < -0.4 is 10.7 Å². The van der Waals surface area contributed by atoms with Crippen molar-refractivity contribution >= 4 is 24.0 Å². The van der Waals surface area contributed by atoms with Gasteiger partial charge < -0.3 is 14.8 Å². The molecule has 2 aromatic carbocycles. The summed E-state index contributed by atoms with van der Waals surface area (Å²) >= 11 is 0. The van der Waals surface area contributed by atoms with Gasteiger partial charge >= 0.3 is 5.97 Å². The van der Waals surface area contributed by atoms with Gasteiger partial charge in [-0.15, -0.1) is 0 Å². The first-order valence-electron chi connectivity index (χ1n) is 10.4. The fourth-order valence-corrected chi connectivity index (χ4v) is 3.05. The molecule has 3 N–H and O–H groups in total. The molecule has 0 saturated heterocycles. The standard InChI is InChI=1S/C25H25N3O5/c1-15(2)22(27-23(29)18-6-4-16(3)5-7-18)24(30)28-26-14-20-12-13-21(33-20)17-8-10-19(11-9-17)25(31)32/h4-15,22H,1-3H3,(H,27,29)(H,28,30)(H,31,32). The third-order valence-electron chi connectivity index (χ3n) is 4.96. The Morgan fingerprint density at radius 1 is 0.939 bits per heavy atom. The van der Waals surface area contributed by atoms with E-state index in [4.69, 9.17) is 9.52 Å². The lowest BCUT2D eigenvalue weighted by molar-refractivity contribution is -0.123. The van der Waals surface area contributed by atoms with Gasteiger partial charge in [-0.2, -0.15) is 5.10 Å². The van der Waals surface area contributed by atoms with Gasteiger partial charge in [0.25, 0.3) is 11.8 Å². The van der Waals surface area contributed by atoms with Crippen LogP contribution in [-0.4, -0.2) is 35.1 Å². The van der Waals surface area contributed by atoms with Crippen LogP contribution in [-0.2, 0) is 4.79 Å². The van der Waals surface area contributed by atoms with Crippen molar-refractivity contribution in [3.8, 4) is 11.3 Å². The number of rotatable bonds is 8. The number of hydrogen-bond acceptors (Lipinski definition) is 5. The largest absolute Gasteiger partial charge is 0.478 e. The third kappa shape index (κ3) is 6.16. The van der Waals surface area contributed by atoms with Gasteiger partial charge in [-0.25, -0.2) is 10.2 Å². The first-order valence-corrected chi connectivity index (χ1v) is 10.4. The first kappa shape index (κ1) is 23.5. The second-order valence-electron chi connectivity index (χ2n) is 7.88. The number of hydrazone groups is 1. The van der Waals surface area contributed by atoms with Crippen LogP contribution in [0.4, 0.5) is 0 Å². The number of benzene rings is 2. The minimum Gasteiger partial charge on any atom is -0.478 e. The highest BCUT2D eigenvalue weighted by atomic mass is 16.4. The average Bonchev–Trinajstić information content (AvgIpc) is 3.26. The van der Waals surface area contributed by atoms with E-state index in [0.29, 0.717) is 22.6 Å². The maximum Gasteiger partial charge on any atom is 0.335 e. The topological polar surface area (TPSA) is 121 Å². The minimum atomic E-state index is -1.00. The quantitative estimate of drug-likeness (QED) is 0.358. The van der Waals surface area contributed by atoms with Crippen LogP contribution >= 0.6 is 0 Å². The Labute approximate surface area is 191 Å². The lowest BCUT2D eigenvalue weighted by atomic mass is 10.0. The summed E-state index contributed by atoms with van der Waals surface area (Å²) in [5.41, 5.74) is 4.85. The van der Waals surface area contributed by atoms with Crippen LogP contribution in [0, 0.1) is 12.8 Å². The van der Waals surface area contributed by atoms with Crippen molar-refractivity contribution in [2.24, 2.45) is 11.0 Å². The molecule has 0 radical (unpaired) electrons. The normalized spacial score (nSPS) is 12.0. The molecule has 0 aliphatic heterocycles. The van der Waals surface area contributed by atoms with E-state index in [2.05, 4.69) is 15.8 Å². The second-order valence-corrected chi connectivity index (χ2v) is 7.88. The van der Waals surface area contributed by atoms with Gasteiger partial charge in [0.1, 0.15) is 17.6 Å². The van der Waals surface area contributed by atoms with Gasteiger partial charge in [0.15, 0.2) is 0 Å². The number of carboxylic acid groups (broad SMARTS) is 1. The molecule has 1 aromatic heterocycles. The lowest BCUT2D eigenvalue weighted by Crippen LogP contribution is -2.48. The first-order chi connectivity index (χ1) is 15.7. The van der Waals surface area contributed by atoms with Crippen molar-refractivity contribution in [1.82, 2.24) is 10.7 Å². The number of hydrogen-bond donors (Lipinski definition) is 3. The zero-order chi connectivity index (χ0) is 24.0. The van der Waals surface area contributed by atoms with Crippen LogP contribution in [0.15, 0.2) is 70.2 Å². The lowest BCUT2D eigenvalue weighted by Gasteiger charge is -2.20. The molecule has 3 rings (SSSR count). The summed E-state index contributed by atoms with van der Waals surface area (Å²) < 4.78 is 5.67. The van der Waals surface area contributed by atoms with Crippen LogP contribution in [0.2, 0.25) is 0 Å². The van der Waals surface area contributed by atoms with Gasteiger partial charge in [0, 0.05) is 11.1 Å². The smallest absolute Gasteiger partial charge is 0.335 e. The van der Waals surface area contributed by atoms with E-state index in [9.17, 15) is 14.4 Å². The number of nitrogens with zero attached hydrogens (tertiary/aromatic N) is 1. The van der Waals surface area contributed by atoms with Crippen molar-refractivity contribution in [2.45, 2.75) is 26.8 Å². The zero-order valence-electron chi connectivity index (χ0n) is 18.5. The predicted molar refractivity (Wildman–Crippen MR) is 124 cm³/mol. The molecule has 0 bridgehead atoms. The van der Waals surface area contributed by atoms with Crippen LogP contribution in [0.1, 0.15) is 45.9 Å². The van der Waals surface area contributed by atoms with Crippen molar-refractivity contribution in [3.63, 3.8) is 0 Å². The van der Waals surface area contributed by atoms with Crippen LogP contribution in [0.5, 0.6) is 0 Å². The third-order valence-corrected chi connectivity index (χ3v) is 4.96. The highest BCUT2D eigenvalue weighted by Gasteiger charge is 2.24. The number of aryl methyl sites for hydroxylation is 1. The summed E-state index contributed by atoms with van der Waals surface area (Å²) in [6, 6.07) is 16.0. The molecule has 170 valence electrons. The molecule has 8 nitrogen and oxygen atoms in total. The van der Waals surface area contributed by atoms with E-state index in [1.54, 1.807) is 36.4 Å². The van der Waals surface area contributed by atoms with Gasteiger partial charge in [-0.05, 0) is 49.2 Å². The summed E-state index contributed by atoms with van der Waals surface area (Å²) in [4.78, 5) is 36.0. The molecule has 3 aromatic rings. The maximum absolute atomic E-state index is 12.6. The molecule has 8 heteroatoms. The Balaban J connectivity index is 1.61. The molecule has 0 fully saturated rings. The van der Waals surface area contributed by atoms with E-state index in [1.807, 2.05) is 32.9 Å². The fourth-order valence-electron chi connectivity index (χ4n) is 3.05. The molecular weight excluding hydrogens is 422 g/mol. The van der Waals surface area contributed by atoms with E-state index in [-0.39, 0.29) is 17.4 Å².